The number of nitrogens with one attached hydrogen (secondary N) is 1. The van der Waals surface area contributed by atoms with Gasteiger partial charge in [-0.15, -0.1) is 12.4 Å². The third-order valence-electron chi connectivity index (χ3n) is 4.48. The number of carbonyl (C=O) groups excluding carboxylic acids is 1. The fraction of sp³-hybridized carbons (Fsp3) is 0.474. The number of likely N-dealkylation sites (tertiary alicyclic amines) is 1. The number of para-hydroxylation sites is 1. The first kappa shape index (κ1) is 20.3. The SMILES string of the molecule is CCCOc1cn(-c2ccccc2)nc1C(=O)N1CCCC(NC)C1.Cl. The molecule has 1 amide bonds. The van der Waals surface area contributed by atoms with E-state index in [9.17, 15) is 4.79 Å². The highest BCUT2D eigenvalue weighted by atomic mass is 35.5. The molecule has 3 rings (SSSR count). The van der Waals surface area contributed by atoms with Crippen LogP contribution in [-0.4, -0.2) is 53.4 Å². The van der Waals surface area contributed by atoms with E-state index in [1.807, 2.05) is 49.2 Å². The fourth-order valence-corrected chi connectivity index (χ4v) is 3.08. The summed E-state index contributed by atoms with van der Waals surface area (Å²) in [5.74, 6) is 0.503. The summed E-state index contributed by atoms with van der Waals surface area (Å²) in [5, 5.41) is 7.81. The average molecular weight is 379 g/mol. The van der Waals surface area contributed by atoms with Crippen molar-refractivity contribution in [1.82, 2.24) is 20.0 Å². The number of halogens is 1. The normalized spacial score (nSPS) is 16.8. The third-order valence-corrected chi connectivity index (χ3v) is 4.48. The van der Waals surface area contributed by atoms with Crippen molar-refractivity contribution in [1.29, 1.82) is 0 Å². The maximum Gasteiger partial charge on any atom is 0.278 e. The lowest BCUT2D eigenvalue weighted by molar-refractivity contribution is 0.0687. The van der Waals surface area contributed by atoms with Gasteiger partial charge in [-0.3, -0.25) is 4.79 Å². The molecule has 1 atom stereocenters. The molecule has 1 N–H and O–H groups in total. The van der Waals surface area contributed by atoms with Crippen LogP contribution < -0.4 is 10.1 Å². The van der Waals surface area contributed by atoms with Gasteiger partial charge in [0.25, 0.3) is 5.91 Å². The van der Waals surface area contributed by atoms with Crippen molar-refractivity contribution < 1.29 is 9.53 Å². The van der Waals surface area contributed by atoms with Crippen molar-refractivity contribution in [2.45, 2.75) is 32.2 Å². The molecular weight excluding hydrogens is 352 g/mol. The number of hydrogen-bond acceptors (Lipinski definition) is 4. The molecule has 1 aromatic heterocycles. The zero-order chi connectivity index (χ0) is 17.6. The van der Waals surface area contributed by atoms with Gasteiger partial charge in [-0.1, -0.05) is 25.1 Å². The molecule has 0 bridgehead atoms. The van der Waals surface area contributed by atoms with Gasteiger partial charge in [0.05, 0.1) is 18.5 Å². The van der Waals surface area contributed by atoms with E-state index in [2.05, 4.69) is 10.4 Å². The Balaban J connectivity index is 0.00000243. The van der Waals surface area contributed by atoms with E-state index in [0.29, 0.717) is 30.6 Å². The minimum Gasteiger partial charge on any atom is -0.489 e. The predicted molar refractivity (Wildman–Crippen MR) is 105 cm³/mol. The Morgan fingerprint density at radius 2 is 2.12 bits per heavy atom. The number of amides is 1. The van der Waals surface area contributed by atoms with Crippen molar-refractivity contribution >= 4 is 18.3 Å². The minimum absolute atomic E-state index is 0. The van der Waals surface area contributed by atoms with Crippen molar-refractivity contribution in [3.63, 3.8) is 0 Å². The number of benzene rings is 1. The smallest absolute Gasteiger partial charge is 0.278 e. The standard InChI is InChI=1S/C19H26N4O2.ClH/c1-3-12-25-17-14-23(16-9-5-4-6-10-16)21-18(17)19(24)22-11-7-8-15(13-22)20-2;/h4-6,9-10,14-15,20H,3,7-8,11-13H2,1-2H3;1H. The minimum atomic E-state index is -0.0549. The molecule has 7 heteroatoms. The monoisotopic (exact) mass is 378 g/mol. The van der Waals surface area contributed by atoms with Gasteiger partial charge in [-0.2, -0.15) is 5.10 Å². The molecule has 2 heterocycles. The number of piperidine rings is 1. The molecule has 1 aliphatic rings. The molecule has 1 unspecified atom stereocenters. The molecule has 2 aromatic rings. The Kier molecular flexibility index (Phi) is 7.48. The number of hydrogen-bond donors (Lipinski definition) is 1. The van der Waals surface area contributed by atoms with Gasteiger partial charge in [-0.25, -0.2) is 4.68 Å². The first-order chi connectivity index (χ1) is 12.2. The van der Waals surface area contributed by atoms with Crippen LogP contribution in [0.1, 0.15) is 36.7 Å². The summed E-state index contributed by atoms with van der Waals surface area (Å²) in [6.07, 6.45) is 4.78. The number of ether oxygens (including phenoxy) is 1. The first-order valence-corrected chi connectivity index (χ1v) is 8.97. The molecule has 6 nitrogen and oxygen atoms in total. The highest BCUT2D eigenvalue weighted by Crippen LogP contribution is 2.23. The lowest BCUT2D eigenvalue weighted by atomic mass is 10.1. The molecule has 1 fully saturated rings. The highest BCUT2D eigenvalue weighted by molar-refractivity contribution is 5.95. The van der Waals surface area contributed by atoms with Crippen molar-refractivity contribution in [2.75, 3.05) is 26.7 Å². The Morgan fingerprint density at radius 1 is 1.35 bits per heavy atom. The van der Waals surface area contributed by atoms with Crippen molar-refractivity contribution in [3.8, 4) is 11.4 Å². The first-order valence-electron chi connectivity index (χ1n) is 8.97. The molecule has 142 valence electrons. The number of nitrogens with zero attached hydrogens (tertiary/aromatic N) is 3. The molecule has 0 aliphatic carbocycles. The summed E-state index contributed by atoms with van der Waals surface area (Å²) in [4.78, 5) is 14.9. The zero-order valence-corrected chi connectivity index (χ0v) is 16.2. The van der Waals surface area contributed by atoms with Gasteiger partial charge in [0.2, 0.25) is 0 Å². The number of aromatic nitrogens is 2. The second-order valence-electron chi connectivity index (χ2n) is 6.35. The van der Waals surface area contributed by atoms with Crippen LogP contribution in [-0.2, 0) is 0 Å². The van der Waals surface area contributed by atoms with E-state index in [0.717, 1.165) is 31.5 Å². The van der Waals surface area contributed by atoms with Crippen LogP contribution in [0.15, 0.2) is 36.5 Å². The summed E-state index contributed by atoms with van der Waals surface area (Å²) in [6, 6.07) is 10.1. The quantitative estimate of drug-likeness (QED) is 0.839. The van der Waals surface area contributed by atoms with Crippen LogP contribution in [0.4, 0.5) is 0 Å². The van der Waals surface area contributed by atoms with Gasteiger partial charge in [0, 0.05) is 19.1 Å². The summed E-state index contributed by atoms with van der Waals surface area (Å²) in [7, 11) is 1.94. The summed E-state index contributed by atoms with van der Waals surface area (Å²) >= 11 is 0. The lowest BCUT2D eigenvalue weighted by Crippen LogP contribution is -2.47. The molecule has 1 aliphatic heterocycles. The Labute approximate surface area is 160 Å². The average Bonchev–Trinajstić information content (AvgIpc) is 3.10. The van der Waals surface area contributed by atoms with Crippen LogP contribution in [0.2, 0.25) is 0 Å². The third kappa shape index (κ3) is 4.56. The van der Waals surface area contributed by atoms with Crippen LogP contribution in [0.25, 0.3) is 5.69 Å². The Morgan fingerprint density at radius 3 is 2.81 bits per heavy atom. The highest BCUT2D eigenvalue weighted by Gasteiger charge is 2.28. The topological polar surface area (TPSA) is 59.4 Å². The number of carbonyl (C=O) groups is 1. The van der Waals surface area contributed by atoms with Crippen LogP contribution in [0.5, 0.6) is 5.75 Å². The molecule has 0 saturated carbocycles. The van der Waals surface area contributed by atoms with Gasteiger partial charge < -0.3 is 15.0 Å². The van der Waals surface area contributed by atoms with Crippen LogP contribution in [0.3, 0.4) is 0 Å². The molecular formula is C19H27ClN4O2. The number of likely N-dealkylation sites (N-methyl/N-ethyl adjacent to an activating group) is 1. The van der Waals surface area contributed by atoms with E-state index < -0.39 is 0 Å². The van der Waals surface area contributed by atoms with E-state index in [1.54, 1.807) is 10.9 Å². The molecule has 1 saturated heterocycles. The molecule has 0 radical (unpaired) electrons. The Hall–Kier alpha value is -2.05. The van der Waals surface area contributed by atoms with Crippen LogP contribution >= 0.6 is 12.4 Å². The summed E-state index contributed by atoms with van der Waals surface area (Å²) < 4.78 is 7.53. The summed E-state index contributed by atoms with van der Waals surface area (Å²) in [5.41, 5.74) is 1.31. The van der Waals surface area contributed by atoms with Crippen LogP contribution in [0, 0.1) is 0 Å². The lowest BCUT2D eigenvalue weighted by Gasteiger charge is -2.32. The van der Waals surface area contributed by atoms with Gasteiger partial charge in [-0.05, 0) is 38.4 Å². The second-order valence-corrected chi connectivity index (χ2v) is 6.35. The zero-order valence-electron chi connectivity index (χ0n) is 15.4. The van der Waals surface area contributed by atoms with E-state index in [1.165, 1.54) is 0 Å². The maximum absolute atomic E-state index is 13.0. The van der Waals surface area contributed by atoms with E-state index >= 15 is 0 Å². The van der Waals surface area contributed by atoms with Gasteiger partial charge in [0.1, 0.15) is 0 Å². The summed E-state index contributed by atoms with van der Waals surface area (Å²) in [6.45, 7) is 4.09. The predicted octanol–water partition coefficient (Wildman–Crippen LogP) is 2.91. The molecule has 0 spiro atoms. The van der Waals surface area contributed by atoms with Gasteiger partial charge >= 0.3 is 0 Å². The van der Waals surface area contributed by atoms with Gasteiger partial charge in [0.15, 0.2) is 11.4 Å². The Bertz CT molecular complexity index is 705. The maximum atomic E-state index is 13.0. The fourth-order valence-electron chi connectivity index (χ4n) is 3.08. The molecule has 26 heavy (non-hydrogen) atoms. The van der Waals surface area contributed by atoms with Crippen molar-refractivity contribution in [2.24, 2.45) is 0 Å². The van der Waals surface area contributed by atoms with Crippen molar-refractivity contribution in [3.05, 3.63) is 42.2 Å². The van der Waals surface area contributed by atoms with E-state index in [4.69, 9.17) is 4.74 Å². The largest absolute Gasteiger partial charge is 0.489 e. The van der Waals surface area contributed by atoms with E-state index in [-0.39, 0.29) is 18.3 Å². The molecule has 1 aromatic carbocycles. The second kappa shape index (κ2) is 9.59. The number of rotatable bonds is 6.